The lowest BCUT2D eigenvalue weighted by molar-refractivity contribution is 0.0857. The Morgan fingerprint density at radius 1 is 1.34 bits per heavy atom. The highest BCUT2D eigenvalue weighted by Gasteiger charge is 2.24. The number of rotatable bonds is 7. The van der Waals surface area contributed by atoms with Crippen LogP contribution in [0.1, 0.15) is 35.2 Å². The highest BCUT2D eigenvalue weighted by Crippen LogP contribution is 2.16. The van der Waals surface area contributed by atoms with Crippen LogP contribution < -0.4 is 10.6 Å². The van der Waals surface area contributed by atoms with Crippen LogP contribution in [-0.2, 0) is 16.0 Å². The molecule has 162 valence electrons. The lowest BCUT2D eigenvalue weighted by Gasteiger charge is -2.21. The molecule has 29 heavy (non-hydrogen) atoms. The predicted octanol–water partition coefficient (Wildman–Crippen LogP) is 2.26. The molecular formula is C21H33IN4O3. The molecule has 2 N–H and O–H groups in total. The molecule has 8 heteroatoms. The number of halogens is 1. The Morgan fingerprint density at radius 2 is 2.21 bits per heavy atom. The summed E-state index contributed by atoms with van der Waals surface area (Å²) in [6.45, 7) is 4.73. The van der Waals surface area contributed by atoms with E-state index in [1.54, 1.807) is 14.2 Å². The minimum absolute atomic E-state index is 0. The van der Waals surface area contributed by atoms with Gasteiger partial charge in [-0.05, 0) is 37.0 Å². The molecule has 0 radical (unpaired) electrons. The summed E-state index contributed by atoms with van der Waals surface area (Å²) in [7, 11) is 3.56. The van der Waals surface area contributed by atoms with Crippen LogP contribution >= 0.6 is 24.0 Å². The first kappa shape index (κ1) is 23.9. The van der Waals surface area contributed by atoms with Crippen molar-refractivity contribution in [2.75, 3.05) is 47.0 Å². The molecule has 2 aliphatic heterocycles. The number of carbonyl (C=O) groups is 1. The third-order valence-electron chi connectivity index (χ3n) is 5.35. The van der Waals surface area contributed by atoms with E-state index in [0.29, 0.717) is 24.6 Å². The number of benzene rings is 1. The van der Waals surface area contributed by atoms with Gasteiger partial charge in [0.2, 0.25) is 0 Å². The maximum atomic E-state index is 12.4. The monoisotopic (exact) mass is 516 g/mol. The number of methoxy groups -OCH3 is 1. The Balaban J connectivity index is 0.00000300. The standard InChI is InChI=1S/C21H32N4O3.HI/c1-22-21(25-9-8-17(14-25)15-27-2)24-12-16-5-3-6-18(11-16)20(26)23-13-19-7-4-10-28-19;/h3,5-6,11,17,19H,4,7-10,12-15H2,1-2H3,(H,22,24)(H,23,26);1H. The maximum Gasteiger partial charge on any atom is 0.251 e. The Morgan fingerprint density at radius 3 is 2.93 bits per heavy atom. The van der Waals surface area contributed by atoms with Gasteiger partial charge in [0, 0.05) is 58.4 Å². The van der Waals surface area contributed by atoms with Crippen LogP contribution in [0.5, 0.6) is 0 Å². The molecule has 2 atom stereocenters. The smallest absolute Gasteiger partial charge is 0.251 e. The van der Waals surface area contributed by atoms with Crippen LogP contribution in [0, 0.1) is 5.92 Å². The Kier molecular flexibility index (Phi) is 10.2. The fourth-order valence-corrected chi connectivity index (χ4v) is 3.85. The van der Waals surface area contributed by atoms with Gasteiger partial charge < -0.3 is 25.0 Å². The van der Waals surface area contributed by atoms with Crippen molar-refractivity contribution >= 4 is 35.8 Å². The van der Waals surface area contributed by atoms with E-state index in [9.17, 15) is 4.79 Å². The summed E-state index contributed by atoms with van der Waals surface area (Å²) in [4.78, 5) is 19.1. The predicted molar refractivity (Wildman–Crippen MR) is 125 cm³/mol. The first-order valence-electron chi connectivity index (χ1n) is 10.1. The molecule has 2 saturated heterocycles. The van der Waals surface area contributed by atoms with E-state index in [-0.39, 0.29) is 36.0 Å². The molecule has 1 amide bonds. The quantitative estimate of drug-likeness (QED) is 0.331. The van der Waals surface area contributed by atoms with Crippen LogP contribution in [0.2, 0.25) is 0 Å². The van der Waals surface area contributed by atoms with E-state index in [1.165, 1.54) is 0 Å². The summed E-state index contributed by atoms with van der Waals surface area (Å²) in [5, 5.41) is 6.39. The van der Waals surface area contributed by atoms with Gasteiger partial charge in [0.15, 0.2) is 5.96 Å². The number of nitrogens with zero attached hydrogens (tertiary/aromatic N) is 2. The number of hydrogen-bond acceptors (Lipinski definition) is 4. The molecule has 2 aliphatic rings. The van der Waals surface area contributed by atoms with Crippen molar-refractivity contribution in [1.82, 2.24) is 15.5 Å². The van der Waals surface area contributed by atoms with Crippen molar-refractivity contribution in [2.24, 2.45) is 10.9 Å². The van der Waals surface area contributed by atoms with Crippen molar-refractivity contribution in [2.45, 2.75) is 31.9 Å². The second kappa shape index (κ2) is 12.3. The summed E-state index contributed by atoms with van der Waals surface area (Å²) < 4.78 is 10.8. The topological polar surface area (TPSA) is 75.2 Å². The molecule has 0 bridgehead atoms. The maximum absolute atomic E-state index is 12.4. The Labute approximate surface area is 190 Å². The normalized spacial score (nSPS) is 21.7. The molecule has 2 unspecified atom stereocenters. The number of carbonyl (C=O) groups excluding carboxylic acids is 1. The van der Waals surface area contributed by atoms with Gasteiger partial charge in [-0.25, -0.2) is 0 Å². The zero-order valence-electron chi connectivity index (χ0n) is 17.4. The average Bonchev–Trinajstić information content (AvgIpc) is 3.39. The van der Waals surface area contributed by atoms with E-state index < -0.39 is 0 Å². The first-order valence-corrected chi connectivity index (χ1v) is 10.1. The largest absolute Gasteiger partial charge is 0.384 e. The van der Waals surface area contributed by atoms with Gasteiger partial charge >= 0.3 is 0 Å². The number of amides is 1. The molecule has 0 saturated carbocycles. The average molecular weight is 516 g/mol. The van der Waals surface area contributed by atoms with Gasteiger partial charge in [-0.1, -0.05) is 12.1 Å². The summed E-state index contributed by atoms with van der Waals surface area (Å²) >= 11 is 0. The lowest BCUT2D eigenvalue weighted by atomic mass is 10.1. The van der Waals surface area contributed by atoms with E-state index in [1.807, 2.05) is 24.3 Å². The molecule has 0 spiro atoms. The molecule has 1 aromatic rings. The lowest BCUT2D eigenvalue weighted by Crippen LogP contribution is -2.39. The van der Waals surface area contributed by atoms with Crippen LogP contribution in [0.15, 0.2) is 29.3 Å². The summed E-state index contributed by atoms with van der Waals surface area (Å²) in [5.74, 6) is 1.40. The number of likely N-dealkylation sites (tertiary alicyclic amines) is 1. The van der Waals surface area contributed by atoms with Crippen molar-refractivity contribution in [3.8, 4) is 0 Å². The fraction of sp³-hybridized carbons (Fsp3) is 0.619. The minimum atomic E-state index is -0.0521. The van der Waals surface area contributed by atoms with Gasteiger partial charge in [-0.3, -0.25) is 9.79 Å². The SMILES string of the molecule is CN=C(NCc1cccc(C(=O)NCC2CCCO2)c1)N1CCC(COC)C1.I. The van der Waals surface area contributed by atoms with E-state index >= 15 is 0 Å². The van der Waals surface area contributed by atoms with Crippen molar-refractivity contribution < 1.29 is 14.3 Å². The van der Waals surface area contributed by atoms with Gasteiger partial charge in [0.1, 0.15) is 0 Å². The number of guanidine groups is 1. The molecule has 7 nitrogen and oxygen atoms in total. The van der Waals surface area contributed by atoms with E-state index in [2.05, 4.69) is 20.5 Å². The molecule has 1 aromatic carbocycles. The first-order chi connectivity index (χ1) is 13.7. The summed E-state index contributed by atoms with van der Waals surface area (Å²) in [6.07, 6.45) is 3.37. The number of aliphatic imine (C=N–C) groups is 1. The van der Waals surface area contributed by atoms with Gasteiger partial charge in [0.05, 0.1) is 12.7 Å². The van der Waals surface area contributed by atoms with Crippen LogP contribution in [0.25, 0.3) is 0 Å². The summed E-state index contributed by atoms with van der Waals surface area (Å²) in [6, 6.07) is 7.72. The fourth-order valence-electron chi connectivity index (χ4n) is 3.85. The van der Waals surface area contributed by atoms with Gasteiger partial charge in [0.25, 0.3) is 5.91 Å². The van der Waals surface area contributed by atoms with Crippen LogP contribution in [0.3, 0.4) is 0 Å². The summed E-state index contributed by atoms with van der Waals surface area (Å²) in [5.41, 5.74) is 1.73. The zero-order chi connectivity index (χ0) is 19.8. The molecule has 2 fully saturated rings. The molecule has 3 rings (SSSR count). The van der Waals surface area contributed by atoms with Gasteiger partial charge in [-0.2, -0.15) is 0 Å². The third kappa shape index (κ3) is 7.11. The Hall–Kier alpha value is -1.39. The highest BCUT2D eigenvalue weighted by atomic mass is 127. The number of nitrogens with one attached hydrogen (secondary N) is 2. The molecule has 2 heterocycles. The number of ether oxygens (including phenoxy) is 2. The van der Waals surface area contributed by atoms with Gasteiger partial charge in [-0.15, -0.1) is 24.0 Å². The third-order valence-corrected chi connectivity index (χ3v) is 5.35. The highest BCUT2D eigenvalue weighted by molar-refractivity contribution is 14.0. The zero-order valence-corrected chi connectivity index (χ0v) is 19.7. The molecular weight excluding hydrogens is 483 g/mol. The van der Waals surface area contributed by atoms with Crippen LogP contribution in [-0.4, -0.2) is 69.9 Å². The number of hydrogen-bond donors (Lipinski definition) is 2. The van der Waals surface area contributed by atoms with E-state index in [4.69, 9.17) is 9.47 Å². The van der Waals surface area contributed by atoms with Crippen molar-refractivity contribution in [1.29, 1.82) is 0 Å². The second-order valence-electron chi connectivity index (χ2n) is 7.50. The molecule has 0 aromatic heterocycles. The van der Waals surface area contributed by atoms with Crippen molar-refractivity contribution in [3.05, 3.63) is 35.4 Å². The van der Waals surface area contributed by atoms with Crippen LogP contribution in [0.4, 0.5) is 0 Å². The molecule has 0 aliphatic carbocycles. The van der Waals surface area contributed by atoms with E-state index in [0.717, 1.165) is 57.1 Å². The Bertz CT molecular complexity index is 680. The minimum Gasteiger partial charge on any atom is -0.384 e. The van der Waals surface area contributed by atoms with Crippen molar-refractivity contribution in [3.63, 3.8) is 0 Å². The second-order valence-corrected chi connectivity index (χ2v) is 7.50.